The number of aliphatic hydroxyl groups excluding tert-OH is 3. The minimum Gasteiger partial charge on any atom is -0.497 e. The smallest absolute Gasteiger partial charge is 0.316 e. The van der Waals surface area contributed by atoms with Crippen LogP contribution in [0.15, 0.2) is 35.7 Å². The van der Waals surface area contributed by atoms with E-state index in [0.717, 1.165) is 0 Å². The normalized spacial score (nSPS) is 22.7. The summed E-state index contributed by atoms with van der Waals surface area (Å²) in [4.78, 5) is 36.6. The summed E-state index contributed by atoms with van der Waals surface area (Å²) in [7, 11) is 1.45. The number of ether oxygens (including phenoxy) is 2. The lowest BCUT2D eigenvalue weighted by Gasteiger charge is -2.27. The van der Waals surface area contributed by atoms with Crippen molar-refractivity contribution in [3.8, 4) is 5.75 Å². The zero-order valence-corrected chi connectivity index (χ0v) is 17.4. The molecule has 15 heteroatoms. The molecule has 1 aliphatic rings. The molecule has 4 atom stereocenters. The third kappa shape index (κ3) is 5.73. The van der Waals surface area contributed by atoms with E-state index in [1.54, 1.807) is 0 Å². The molecule has 4 unspecified atom stereocenters. The van der Waals surface area contributed by atoms with Gasteiger partial charge in [-0.2, -0.15) is 0 Å². The SMILES string of the molecule is COc1ccc(C(=O)NC(=N)/C(N)=C(\NC(N)=O)C(=O)N(N)C2OC(CO)C(O)C2O)cc1. The van der Waals surface area contributed by atoms with Crippen molar-refractivity contribution in [2.75, 3.05) is 13.7 Å². The summed E-state index contributed by atoms with van der Waals surface area (Å²) in [6, 6.07) is 4.60. The number of primary amides is 1. The molecule has 1 heterocycles. The van der Waals surface area contributed by atoms with Crippen molar-refractivity contribution in [1.29, 1.82) is 5.41 Å². The van der Waals surface area contributed by atoms with Crippen LogP contribution in [-0.2, 0) is 9.53 Å². The fraction of sp³-hybridized carbons (Fsp3) is 0.333. The number of urea groups is 1. The zero-order chi connectivity index (χ0) is 24.9. The second kappa shape index (κ2) is 10.7. The third-order valence-electron chi connectivity index (χ3n) is 4.62. The van der Waals surface area contributed by atoms with Crippen molar-refractivity contribution in [3.05, 3.63) is 41.2 Å². The monoisotopic (exact) mass is 467 g/mol. The maximum Gasteiger partial charge on any atom is 0.316 e. The van der Waals surface area contributed by atoms with E-state index < -0.39 is 66.2 Å². The molecule has 33 heavy (non-hydrogen) atoms. The minimum absolute atomic E-state index is 0.135. The molecule has 1 saturated heterocycles. The van der Waals surface area contributed by atoms with Crippen molar-refractivity contribution in [1.82, 2.24) is 15.6 Å². The Balaban J connectivity index is 2.25. The number of carbonyl (C=O) groups excluding carboxylic acids is 3. The van der Waals surface area contributed by atoms with Crippen LogP contribution in [-0.4, -0.2) is 82.3 Å². The van der Waals surface area contributed by atoms with E-state index in [0.29, 0.717) is 10.8 Å². The van der Waals surface area contributed by atoms with Gasteiger partial charge in [0.1, 0.15) is 35.5 Å². The average Bonchev–Trinajstić information content (AvgIpc) is 3.09. The summed E-state index contributed by atoms with van der Waals surface area (Å²) in [5.74, 6) is 3.37. The number of methoxy groups -OCH3 is 1. The standard InChI is InChI=1S/C18H25N7O8/c1-32-8-4-2-7(3-5-8)15(29)24-14(20)10(19)11(23-18(21)31)16(30)25(22)17-13(28)12(27)9(6-26)33-17/h2-5,9,12-13,17,26-28H,6,19,22H2,1H3,(H2,20,24,29)(H3,21,23,31)/b11-10+. The first-order valence-electron chi connectivity index (χ1n) is 9.33. The largest absolute Gasteiger partial charge is 0.497 e. The predicted molar refractivity (Wildman–Crippen MR) is 111 cm³/mol. The fourth-order valence-corrected chi connectivity index (χ4v) is 2.83. The maximum atomic E-state index is 12.8. The number of carbonyl (C=O) groups is 3. The lowest BCUT2D eigenvalue weighted by molar-refractivity contribution is -0.150. The highest BCUT2D eigenvalue weighted by atomic mass is 16.6. The van der Waals surface area contributed by atoms with E-state index in [-0.39, 0.29) is 5.56 Å². The fourth-order valence-electron chi connectivity index (χ4n) is 2.83. The number of nitrogens with zero attached hydrogens (tertiary/aromatic N) is 1. The number of nitrogens with two attached hydrogens (primary N) is 3. The number of nitrogens with one attached hydrogen (secondary N) is 3. The topological polar surface area (TPSA) is 260 Å². The van der Waals surface area contributed by atoms with Gasteiger partial charge in [-0.15, -0.1) is 0 Å². The molecule has 1 aromatic carbocycles. The van der Waals surface area contributed by atoms with Gasteiger partial charge < -0.3 is 46.9 Å². The van der Waals surface area contributed by atoms with E-state index in [1.807, 2.05) is 5.32 Å². The lowest BCUT2D eigenvalue weighted by Crippen LogP contribution is -2.54. The van der Waals surface area contributed by atoms with Crippen molar-refractivity contribution in [2.45, 2.75) is 24.5 Å². The molecule has 0 aliphatic carbocycles. The van der Waals surface area contributed by atoms with Gasteiger partial charge in [0.2, 0.25) is 0 Å². The van der Waals surface area contributed by atoms with E-state index in [2.05, 4.69) is 5.32 Å². The highest BCUT2D eigenvalue weighted by Crippen LogP contribution is 2.23. The van der Waals surface area contributed by atoms with E-state index >= 15 is 0 Å². The highest BCUT2D eigenvalue weighted by Gasteiger charge is 2.46. The zero-order valence-electron chi connectivity index (χ0n) is 17.4. The maximum absolute atomic E-state index is 12.8. The van der Waals surface area contributed by atoms with Crippen molar-refractivity contribution >= 4 is 23.7 Å². The van der Waals surface area contributed by atoms with Crippen LogP contribution in [0.3, 0.4) is 0 Å². The molecule has 0 saturated carbocycles. The quantitative estimate of drug-likeness (QED) is 0.0474. The van der Waals surface area contributed by atoms with Crippen molar-refractivity contribution in [2.24, 2.45) is 17.3 Å². The number of hydrogen-bond donors (Lipinski definition) is 9. The molecular weight excluding hydrogens is 442 g/mol. The minimum atomic E-state index is -1.71. The number of hydrogen-bond acceptors (Lipinski definition) is 11. The Bertz CT molecular complexity index is 952. The highest BCUT2D eigenvalue weighted by molar-refractivity contribution is 6.14. The number of benzene rings is 1. The van der Waals surface area contributed by atoms with Gasteiger partial charge in [-0.05, 0) is 24.3 Å². The van der Waals surface area contributed by atoms with Crippen molar-refractivity contribution in [3.63, 3.8) is 0 Å². The summed E-state index contributed by atoms with van der Waals surface area (Å²) < 4.78 is 10.1. The third-order valence-corrected chi connectivity index (χ3v) is 4.62. The van der Waals surface area contributed by atoms with Crippen LogP contribution in [0.25, 0.3) is 0 Å². The van der Waals surface area contributed by atoms with Crippen LogP contribution < -0.4 is 32.7 Å². The number of rotatable bonds is 7. The van der Waals surface area contributed by atoms with Crippen LogP contribution in [0.1, 0.15) is 10.4 Å². The van der Waals surface area contributed by atoms with Crippen LogP contribution in [0, 0.1) is 5.41 Å². The molecule has 12 N–H and O–H groups in total. The Morgan fingerprint density at radius 2 is 1.76 bits per heavy atom. The van der Waals surface area contributed by atoms with Crippen molar-refractivity contribution < 1.29 is 39.2 Å². The Kier molecular flexibility index (Phi) is 8.27. The molecule has 180 valence electrons. The first-order valence-corrected chi connectivity index (χ1v) is 9.33. The number of amidine groups is 1. The molecule has 4 amide bonds. The van der Waals surface area contributed by atoms with Crippen LogP contribution in [0.4, 0.5) is 4.79 Å². The molecule has 0 radical (unpaired) electrons. The molecule has 0 aromatic heterocycles. The summed E-state index contributed by atoms with van der Waals surface area (Å²) in [6.45, 7) is -0.677. The molecule has 1 fully saturated rings. The van der Waals surface area contributed by atoms with Gasteiger partial charge in [-0.25, -0.2) is 15.6 Å². The summed E-state index contributed by atoms with van der Waals surface area (Å²) >= 11 is 0. The van der Waals surface area contributed by atoms with Gasteiger partial charge in [0.25, 0.3) is 11.8 Å². The first-order chi connectivity index (χ1) is 15.5. The molecule has 1 aromatic rings. The summed E-state index contributed by atoms with van der Waals surface area (Å²) in [5.41, 5.74) is 9.46. The Morgan fingerprint density at radius 3 is 2.24 bits per heavy atom. The van der Waals surface area contributed by atoms with Gasteiger partial charge in [0.15, 0.2) is 12.1 Å². The Hall–Kier alpha value is -3.76. The Labute approximate surface area is 187 Å². The molecule has 15 nitrogen and oxygen atoms in total. The van der Waals surface area contributed by atoms with Gasteiger partial charge >= 0.3 is 6.03 Å². The van der Waals surface area contributed by atoms with Gasteiger partial charge in [-0.3, -0.25) is 15.0 Å². The van der Waals surface area contributed by atoms with Gasteiger partial charge in [-0.1, -0.05) is 0 Å². The van der Waals surface area contributed by atoms with Crippen LogP contribution in [0.2, 0.25) is 0 Å². The van der Waals surface area contributed by atoms with E-state index in [4.69, 9.17) is 32.2 Å². The van der Waals surface area contributed by atoms with Crippen LogP contribution >= 0.6 is 0 Å². The number of aliphatic hydroxyl groups is 3. The molecule has 0 spiro atoms. The number of hydrazine groups is 1. The molecular formula is C18H25N7O8. The van der Waals surface area contributed by atoms with E-state index in [1.165, 1.54) is 31.4 Å². The summed E-state index contributed by atoms with van der Waals surface area (Å²) in [5, 5.41) is 41.4. The second-order valence-electron chi connectivity index (χ2n) is 6.78. The molecule has 2 rings (SSSR count). The average molecular weight is 467 g/mol. The lowest BCUT2D eigenvalue weighted by atomic mass is 10.1. The van der Waals surface area contributed by atoms with Gasteiger partial charge in [0.05, 0.1) is 13.7 Å². The first kappa shape index (κ1) is 25.5. The molecule has 1 aliphatic heterocycles. The number of amides is 4. The summed E-state index contributed by atoms with van der Waals surface area (Å²) in [6.07, 6.45) is -6.14. The van der Waals surface area contributed by atoms with Gasteiger partial charge in [0, 0.05) is 5.56 Å². The predicted octanol–water partition coefficient (Wildman–Crippen LogP) is -3.62. The van der Waals surface area contributed by atoms with E-state index in [9.17, 15) is 29.7 Å². The second-order valence-corrected chi connectivity index (χ2v) is 6.78. The Morgan fingerprint density at radius 1 is 1.15 bits per heavy atom. The van der Waals surface area contributed by atoms with Crippen LogP contribution in [0.5, 0.6) is 5.75 Å². The molecule has 0 bridgehead atoms.